The van der Waals surface area contributed by atoms with Gasteiger partial charge in [-0.15, -0.1) is 0 Å². The minimum atomic E-state index is -1.39. The summed E-state index contributed by atoms with van der Waals surface area (Å²) in [5.74, 6) is -0.786. The Balaban J connectivity index is 3.85. The highest BCUT2D eigenvalue weighted by Crippen LogP contribution is 2.06. The molecule has 0 rings (SSSR count). The van der Waals surface area contributed by atoms with Crippen molar-refractivity contribution in [3.05, 3.63) is 0 Å². The summed E-state index contributed by atoms with van der Waals surface area (Å²) in [4.78, 5) is 11.0. The normalized spacial score (nSPS) is 15.5. The lowest BCUT2D eigenvalue weighted by molar-refractivity contribution is -0.190. The van der Waals surface area contributed by atoms with Crippen molar-refractivity contribution in [2.45, 2.75) is 46.0 Å². The highest BCUT2D eigenvalue weighted by Gasteiger charge is 2.20. The van der Waals surface area contributed by atoms with Gasteiger partial charge in [-0.3, -0.25) is 4.79 Å². The molecule has 0 saturated heterocycles. The van der Waals surface area contributed by atoms with Crippen LogP contribution in [-0.4, -0.2) is 28.6 Å². The van der Waals surface area contributed by atoms with Gasteiger partial charge in [0.2, 0.25) is 6.29 Å². The molecule has 0 aliphatic carbocycles. The fourth-order valence-corrected chi connectivity index (χ4v) is 0.772. The Bertz CT molecular complexity index is 156. The monoisotopic (exact) mass is 190 g/mol. The lowest BCUT2D eigenvalue weighted by atomic mass is 10.2. The van der Waals surface area contributed by atoms with Crippen molar-refractivity contribution in [1.29, 1.82) is 0 Å². The van der Waals surface area contributed by atoms with Gasteiger partial charge in [0.05, 0.1) is 5.92 Å². The van der Waals surface area contributed by atoms with Gasteiger partial charge in [-0.25, -0.2) is 0 Å². The molecule has 2 N–H and O–H groups in total. The molecule has 0 heterocycles. The maximum Gasteiger partial charge on any atom is 0.310 e. The van der Waals surface area contributed by atoms with E-state index < -0.39 is 18.4 Å². The Kier molecular flexibility index (Phi) is 5.66. The number of carbonyl (C=O) groups is 1. The molecule has 0 aromatic carbocycles. The summed E-state index contributed by atoms with van der Waals surface area (Å²) in [7, 11) is 0. The molecule has 0 fully saturated rings. The zero-order chi connectivity index (χ0) is 10.4. The van der Waals surface area contributed by atoms with Crippen LogP contribution >= 0.6 is 0 Å². The maximum atomic E-state index is 11.0. The number of carbonyl (C=O) groups excluding carboxylic acids is 1. The predicted octanol–water partition coefficient (Wildman–Crippen LogP) is 0.665. The van der Waals surface area contributed by atoms with Crippen LogP contribution in [0.1, 0.15) is 33.6 Å². The van der Waals surface area contributed by atoms with Crippen molar-refractivity contribution >= 4 is 5.97 Å². The van der Waals surface area contributed by atoms with Crippen molar-refractivity contribution in [2.75, 3.05) is 0 Å². The minimum Gasteiger partial charge on any atom is -0.433 e. The molecule has 13 heavy (non-hydrogen) atoms. The third-order valence-corrected chi connectivity index (χ3v) is 1.62. The van der Waals surface area contributed by atoms with Crippen molar-refractivity contribution in [1.82, 2.24) is 0 Å². The summed E-state index contributed by atoms with van der Waals surface area (Å²) in [6.45, 7) is 5.21. The van der Waals surface area contributed by atoms with Gasteiger partial charge in [0.1, 0.15) is 6.10 Å². The van der Waals surface area contributed by atoms with Crippen LogP contribution in [0.25, 0.3) is 0 Å². The van der Waals surface area contributed by atoms with E-state index in [4.69, 9.17) is 0 Å². The molecule has 4 heteroatoms. The Labute approximate surface area is 78.5 Å². The summed E-state index contributed by atoms with van der Waals surface area (Å²) in [5, 5.41) is 18.4. The van der Waals surface area contributed by atoms with E-state index in [0.717, 1.165) is 6.42 Å². The first-order valence-corrected chi connectivity index (χ1v) is 4.55. The molecule has 2 atom stereocenters. The molecule has 4 nitrogen and oxygen atoms in total. The lowest BCUT2D eigenvalue weighted by Gasteiger charge is -2.18. The first-order chi connectivity index (χ1) is 5.99. The fourth-order valence-electron chi connectivity index (χ4n) is 0.772. The zero-order valence-electron chi connectivity index (χ0n) is 8.36. The minimum absolute atomic E-state index is 0.288. The molecule has 0 aromatic heterocycles. The van der Waals surface area contributed by atoms with E-state index in [9.17, 15) is 15.0 Å². The molecule has 0 saturated carbocycles. The van der Waals surface area contributed by atoms with Gasteiger partial charge in [-0.05, 0) is 6.42 Å². The summed E-state index contributed by atoms with van der Waals surface area (Å²) in [6.07, 6.45) is -1.22. The molecule has 0 bridgehead atoms. The van der Waals surface area contributed by atoms with Crippen LogP contribution < -0.4 is 0 Å². The number of hydrogen-bond acceptors (Lipinski definition) is 4. The lowest BCUT2D eigenvalue weighted by Crippen LogP contribution is -2.32. The van der Waals surface area contributed by atoms with Crippen molar-refractivity contribution < 1.29 is 19.7 Å². The number of esters is 1. The molecular formula is C9H18O4. The second-order valence-electron chi connectivity index (χ2n) is 3.34. The summed E-state index contributed by atoms with van der Waals surface area (Å²) < 4.78 is 4.59. The number of aliphatic hydroxyl groups excluding tert-OH is 2. The van der Waals surface area contributed by atoms with E-state index in [0.29, 0.717) is 6.42 Å². The number of ether oxygens (including phenoxy) is 1. The van der Waals surface area contributed by atoms with Crippen molar-refractivity contribution in [3.8, 4) is 0 Å². The topological polar surface area (TPSA) is 66.8 Å². The fraction of sp³-hybridized carbons (Fsp3) is 0.889. The molecule has 0 spiro atoms. The van der Waals surface area contributed by atoms with E-state index in [2.05, 4.69) is 4.74 Å². The molecule has 0 aliphatic rings. The van der Waals surface area contributed by atoms with Gasteiger partial charge in [0.15, 0.2) is 0 Å². The predicted molar refractivity (Wildman–Crippen MR) is 47.9 cm³/mol. The smallest absolute Gasteiger partial charge is 0.310 e. The Hall–Kier alpha value is -0.610. The second kappa shape index (κ2) is 5.94. The molecule has 0 radical (unpaired) electrons. The first-order valence-electron chi connectivity index (χ1n) is 4.55. The van der Waals surface area contributed by atoms with Crippen LogP contribution in [0.2, 0.25) is 0 Å². The van der Waals surface area contributed by atoms with Gasteiger partial charge in [-0.2, -0.15) is 0 Å². The van der Waals surface area contributed by atoms with Crippen LogP contribution in [0.4, 0.5) is 0 Å². The van der Waals surface area contributed by atoms with Crippen molar-refractivity contribution in [3.63, 3.8) is 0 Å². The Morgan fingerprint density at radius 2 is 1.92 bits per heavy atom. The van der Waals surface area contributed by atoms with Gasteiger partial charge < -0.3 is 14.9 Å². The van der Waals surface area contributed by atoms with Gasteiger partial charge in [-0.1, -0.05) is 27.2 Å². The van der Waals surface area contributed by atoms with E-state index in [1.807, 2.05) is 6.92 Å². The summed E-state index contributed by atoms with van der Waals surface area (Å²) in [5.41, 5.74) is 0. The Morgan fingerprint density at radius 3 is 2.31 bits per heavy atom. The van der Waals surface area contributed by atoms with E-state index in [-0.39, 0.29) is 5.92 Å². The molecule has 78 valence electrons. The van der Waals surface area contributed by atoms with Crippen LogP contribution in [0.5, 0.6) is 0 Å². The van der Waals surface area contributed by atoms with Gasteiger partial charge in [0.25, 0.3) is 0 Å². The van der Waals surface area contributed by atoms with E-state index >= 15 is 0 Å². The first kappa shape index (κ1) is 12.4. The third kappa shape index (κ3) is 4.85. The summed E-state index contributed by atoms with van der Waals surface area (Å²) >= 11 is 0. The average Bonchev–Trinajstić information content (AvgIpc) is 2.04. The molecular weight excluding hydrogens is 172 g/mol. The number of hydrogen-bond donors (Lipinski definition) is 2. The molecule has 0 aromatic rings. The standard InChI is InChI=1S/C9H18O4/c1-4-5-7(10)9(12)13-8(11)6(2)3/h6-7,9-10,12H,4-5H2,1-3H3. The SMILES string of the molecule is CCCC(O)C(O)OC(=O)C(C)C. The second-order valence-corrected chi connectivity index (χ2v) is 3.34. The number of rotatable bonds is 5. The highest BCUT2D eigenvalue weighted by molar-refractivity contribution is 5.71. The molecule has 2 unspecified atom stereocenters. The van der Waals surface area contributed by atoms with Crippen LogP contribution in [0.15, 0.2) is 0 Å². The van der Waals surface area contributed by atoms with E-state index in [1.165, 1.54) is 0 Å². The van der Waals surface area contributed by atoms with Gasteiger partial charge in [0, 0.05) is 0 Å². The highest BCUT2D eigenvalue weighted by atomic mass is 16.6. The quantitative estimate of drug-likeness (QED) is 0.494. The van der Waals surface area contributed by atoms with E-state index in [1.54, 1.807) is 13.8 Å². The van der Waals surface area contributed by atoms with Crippen LogP contribution in [-0.2, 0) is 9.53 Å². The van der Waals surface area contributed by atoms with Crippen molar-refractivity contribution in [2.24, 2.45) is 5.92 Å². The number of aliphatic hydroxyl groups is 2. The largest absolute Gasteiger partial charge is 0.433 e. The molecule has 0 aliphatic heterocycles. The zero-order valence-corrected chi connectivity index (χ0v) is 8.36. The average molecular weight is 190 g/mol. The molecule has 0 amide bonds. The maximum absolute atomic E-state index is 11.0. The summed E-state index contributed by atoms with van der Waals surface area (Å²) in [6, 6.07) is 0. The van der Waals surface area contributed by atoms with Gasteiger partial charge >= 0.3 is 5.97 Å². The third-order valence-electron chi connectivity index (χ3n) is 1.62. The Morgan fingerprint density at radius 1 is 1.38 bits per heavy atom. The van der Waals surface area contributed by atoms with Crippen LogP contribution in [0, 0.1) is 5.92 Å². The van der Waals surface area contributed by atoms with Crippen LogP contribution in [0.3, 0.4) is 0 Å².